The van der Waals surface area contributed by atoms with E-state index < -0.39 is 41.4 Å². The molecule has 2 aliphatic heterocycles. The van der Waals surface area contributed by atoms with Gasteiger partial charge in [0, 0.05) is 11.3 Å². The first-order chi connectivity index (χ1) is 17.8. The molecule has 2 aromatic rings. The number of hydrogen-bond acceptors (Lipinski definition) is 8. The molecule has 0 spiro atoms. The summed E-state index contributed by atoms with van der Waals surface area (Å²) >= 11 is 1.56. The van der Waals surface area contributed by atoms with Crippen LogP contribution in [-0.4, -0.2) is 50.9 Å². The van der Waals surface area contributed by atoms with Crippen molar-refractivity contribution in [1.82, 2.24) is 4.98 Å². The van der Waals surface area contributed by atoms with Gasteiger partial charge >= 0.3 is 5.97 Å². The van der Waals surface area contributed by atoms with Gasteiger partial charge in [0.05, 0.1) is 20.8 Å². The van der Waals surface area contributed by atoms with Crippen LogP contribution in [0.15, 0.2) is 30.9 Å². The van der Waals surface area contributed by atoms with Gasteiger partial charge in [-0.1, -0.05) is 45.8 Å². The van der Waals surface area contributed by atoms with E-state index in [0.717, 1.165) is 40.9 Å². The third-order valence-electron chi connectivity index (χ3n) is 8.17. The van der Waals surface area contributed by atoms with E-state index in [1.807, 2.05) is 32.0 Å². The highest BCUT2D eigenvalue weighted by atomic mass is 32.1. The van der Waals surface area contributed by atoms with Crippen molar-refractivity contribution < 1.29 is 29.3 Å². The zero-order chi connectivity index (χ0) is 27.8. The molecule has 1 aromatic carbocycles. The Morgan fingerprint density at radius 2 is 1.97 bits per heavy atom. The van der Waals surface area contributed by atoms with Gasteiger partial charge in [0.2, 0.25) is 0 Å². The van der Waals surface area contributed by atoms with Gasteiger partial charge in [-0.25, -0.2) is 9.78 Å². The Hall–Kier alpha value is -2.13. The lowest BCUT2D eigenvalue weighted by Crippen LogP contribution is -2.39. The van der Waals surface area contributed by atoms with Crippen LogP contribution in [0.5, 0.6) is 0 Å². The van der Waals surface area contributed by atoms with Crippen LogP contribution < -0.4 is 0 Å². The average Bonchev–Trinajstić information content (AvgIpc) is 3.37. The minimum Gasteiger partial charge on any atom is -0.453 e. The Morgan fingerprint density at radius 3 is 2.68 bits per heavy atom. The van der Waals surface area contributed by atoms with Crippen molar-refractivity contribution in [2.24, 2.45) is 17.3 Å². The van der Waals surface area contributed by atoms with Crippen LogP contribution in [0.25, 0.3) is 10.2 Å². The second-order valence-electron chi connectivity index (χ2n) is 12.1. The lowest BCUT2D eigenvalue weighted by Gasteiger charge is -2.31. The van der Waals surface area contributed by atoms with E-state index in [0.29, 0.717) is 17.9 Å². The van der Waals surface area contributed by atoms with Crippen molar-refractivity contribution in [1.29, 1.82) is 0 Å². The molecular weight excluding hydrogens is 502 g/mol. The van der Waals surface area contributed by atoms with Gasteiger partial charge in [0.15, 0.2) is 12.2 Å². The molecular formula is C30H41NO6S. The number of allylic oxidation sites excluding steroid dienone is 1. The number of thiazole rings is 1. The highest BCUT2D eigenvalue weighted by molar-refractivity contribution is 7.18. The van der Waals surface area contributed by atoms with Crippen molar-refractivity contribution >= 4 is 33.3 Å². The van der Waals surface area contributed by atoms with Gasteiger partial charge in [0.25, 0.3) is 0 Å². The third-order valence-corrected chi connectivity index (χ3v) is 9.12. The molecule has 3 heterocycles. The molecule has 0 radical (unpaired) electrons. The highest BCUT2D eigenvalue weighted by Gasteiger charge is 2.58. The monoisotopic (exact) mass is 543 g/mol. The quantitative estimate of drug-likeness (QED) is 0.301. The van der Waals surface area contributed by atoms with E-state index in [2.05, 4.69) is 18.5 Å². The van der Waals surface area contributed by atoms with E-state index in [-0.39, 0.29) is 18.1 Å². The Labute approximate surface area is 229 Å². The standard InChI is InChI=1S/C30H41NO6S/c1-7-9-20-14-17(2)10-8-13-30(6)27(37-30)24(33)25(19-11-12-23-21(15-19)31-18(3)38-23)36-28(35)22(32)16-29(4,5)26(20)34/h7,11-12,15,17,20,22,24-25,27,32-33H,1,8-10,13-14,16H2,2-6H3. The number of aryl methyl sites for hydroxylation is 1. The topological polar surface area (TPSA) is 109 Å². The summed E-state index contributed by atoms with van der Waals surface area (Å²) in [5, 5.41) is 23.2. The lowest BCUT2D eigenvalue weighted by molar-refractivity contribution is -0.168. The first-order valence-electron chi connectivity index (χ1n) is 13.6. The summed E-state index contributed by atoms with van der Waals surface area (Å²) in [5.41, 5.74) is -0.120. The molecule has 0 amide bonds. The number of Topliss-reactive ketones (excluding diaryl/α,β-unsaturated/α-hetero) is 1. The molecule has 0 aliphatic carbocycles. The summed E-state index contributed by atoms with van der Waals surface area (Å²) in [6.45, 7) is 13.4. The van der Waals surface area contributed by atoms with Crippen LogP contribution in [0.3, 0.4) is 0 Å². The molecule has 38 heavy (non-hydrogen) atoms. The minimum atomic E-state index is -1.52. The van der Waals surface area contributed by atoms with E-state index in [4.69, 9.17) is 9.47 Å². The number of benzene rings is 1. The molecule has 0 saturated carbocycles. The number of ether oxygens (including phenoxy) is 2. The summed E-state index contributed by atoms with van der Waals surface area (Å²) in [4.78, 5) is 31.3. The minimum absolute atomic E-state index is 0.0154. The summed E-state index contributed by atoms with van der Waals surface area (Å²) in [5.74, 6) is -0.763. The molecule has 7 atom stereocenters. The summed E-state index contributed by atoms with van der Waals surface area (Å²) < 4.78 is 12.8. The van der Waals surface area contributed by atoms with Crippen molar-refractivity contribution in [3.63, 3.8) is 0 Å². The van der Waals surface area contributed by atoms with Gasteiger partial charge in [-0.05, 0) is 63.1 Å². The molecule has 0 bridgehead atoms. The number of aliphatic hydroxyl groups excluding tert-OH is 2. The Bertz CT molecular complexity index is 1190. The lowest BCUT2D eigenvalue weighted by atomic mass is 9.73. The van der Waals surface area contributed by atoms with Crippen molar-refractivity contribution in [2.45, 2.75) is 103 Å². The number of hydrogen-bond donors (Lipinski definition) is 2. The Morgan fingerprint density at radius 1 is 1.24 bits per heavy atom. The summed E-state index contributed by atoms with van der Waals surface area (Å²) in [7, 11) is 0. The number of esters is 1. The normalized spacial score (nSPS) is 34.9. The summed E-state index contributed by atoms with van der Waals surface area (Å²) in [6.07, 6.45) is 1.37. The van der Waals surface area contributed by atoms with E-state index in [1.165, 1.54) is 0 Å². The molecule has 4 rings (SSSR count). The fourth-order valence-electron chi connectivity index (χ4n) is 5.96. The van der Waals surface area contributed by atoms with Gasteiger partial charge in [-0.3, -0.25) is 4.79 Å². The Balaban J connectivity index is 1.66. The first kappa shape index (κ1) is 28.9. The second kappa shape index (κ2) is 11.2. The smallest absolute Gasteiger partial charge is 0.335 e. The first-order valence-corrected chi connectivity index (χ1v) is 14.4. The molecule has 8 heteroatoms. The molecule has 1 aromatic heterocycles. The van der Waals surface area contributed by atoms with Gasteiger partial charge in [-0.15, -0.1) is 17.9 Å². The van der Waals surface area contributed by atoms with Gasteiger partial charge < -0.3 is 19.7 Å². The molecule has 2 aliphatic rings. The maximum absolute atomic E-state index is 13.5. The van der Waals surface area contributed by atoms with Crippen LogP contribution in [0.4, 0.5) is 0 Å². The van der Waals surface area contributed by atoms with E-state index in [1.54, 1.807) is 31.3 Å². The van der Waals surface area contributed by atoms with Crippen molar-refractivity contribution in [3.05, 3.63) is 41.4 Å². The average molecular weight is 544 g/mol. The van der Waals surface area contributed by atoms with Crippen LogP contribution in [-0.2, 0) is 19.1 Å². The number of aromatic nitrogens is 1. The third kappa shape index (κ3) is 6.19. The van der Waals surface area contributed by atoms with E-state index >= 15 is 0 Å². The zero-order valence-electron chi connectivity index (χ0n) is 23.1. The number of aliphatic hydroxyl groups is 2. The SMILES string of the molecule is C=CCC1CC(C)CCCC2(C)OC2C(O)C(c2ccc3sc(C)nc3c2)OC(=O)C(O)CC(C)(C)C1=O. The fourth-order valence-corrected chi connectivity index (χ4v) is 6.77. The number of nitrogens with zero attached hydrogens (tertiary/aromatic N) is 1. The van der Waals surface area contributed by atoms with Crippen LogP contribution in [0.2, 0.25) is 0 Å². The number of cyclic esters (lactones) is 1. The molecule has 7 nitrogen and oxygen atoms in total. The fraction of sp³-hybridized carbons (Fsp3) is 0.633. The van der Waals surface area contributed by atoms with Crippen LogP contribution in [0, 0.1) is 24.2 Å². The molecule has 7 unspecified atom stereocenters. The number of ketones is 1. The van der Waals surface area contributed by atoms with Crippen molar-refractivity contribution in [3.8, 4) is 0 Å². The van der Waals surface area contributed by atoms with E-state index in [9.17, 15) is 19.8 Å². The number of fused-ring (bicyclic) bond motifs is 2. The number of rotatable bonds is 3. The van der Waals surface area contributed by atoms with Crippen LogP contribution >= 0.6 is 11.3 Å². The van der Waals surface area contributed by atoms with Crippen LogP contribution in [0.1, 0.15) is 82.9 Å². The number of epoxide rings is 1. The number of carbonyl (C=O) groups excluding carboxylic acids is 2. The maximum atomic E-state index is 13.5. The predicted octanol–water partition coefficient (Wildman–Crippen LogP) is 5.46. The predicted molar refractivity (Wildman–Crippen MR) is 148 cm³/mol. The Kier molecular flexibility index (Phi) is 8.48. The number of carbonyl (C=O) groups is 2. The molecule has 2 N–H and O–H groups in total. The molecule has 208 valence electrons. The second-order valence-corrected chi connectivity index (χ2v) is 13.3. The molecule has 2 saturated heterocycles. The van der Waals surface area contributed by atoms with Gasteiger partial charge in [0.1, 0.15) is 18.0 Å². The molecule has 2 fully saturated rings. The summed E-state index contributed by atoms with van der Waals surface area (Å²) in [6, 6.07) is 5.54. The largest absolute Gasteiger partial charge is 0.453 e. The zero-order valence-corrected chi connectivity index (χ0v) is 23.9. The van der Waals surface area contributed by atoms with Gasteiger partial charge in [-0.2, -0.15) is 0 Å². The highest BCUT2D eigenvalue weighted by Crippen LogP contribution is 2.47. The maximum Gasteiger partial charge on any atom is 0.335 e. The van der Waals surface area contributed by atoms with Crippen molar-refractivity contribution in [2.75, 3.05) is 0 Å².